The molecular weight excluding hydrogens is 324 g/mol. The summed E-state index contributed by atoms with van der Waals surface area (Å²) in [5.41, 5.74) is 0. The van der Waals surface area contributed by atoms with Crippen LogP contribution in [0.3, 0.4) is 0 Å². The summed E-state index contributed by atoms with van der Waals surface area (Å²) in [7, 11) is -3.21. The molecule has 0 saturated heterocycles. The van der Waals surface area contributed by atoms with E-state index in [0.29, 0.717) is 4.90 Å². The summed E-state index contributed by atoms with van der Waals surface area (Å²) in [5.74, 6) is 0.365. The number of hydrogen-bond acceptors (Lipinski definition) is 2. The summed E-state index contributed by atoms with van der Waals surface area (Å²) in [4.78, 5) is 0.422. The molecule has 1 atom stereocenters. The van der Waals surface area contributed by atoms with Gasteiger partial charge in [0.15, 0.2) is 9.84 Å². The molecule has 1 unspecified atom stereocenters. The van der Waals surface area contributed by atoms with Gasteiger partial charge in [-0.3, -0.25) is 0 Å². The van der Waals surface area contributed by atoms with Crippen LogP contribution in [0.1, 0.15) is 13.3 Å². The van der Waals surface area contributed by atoms with Crippen LogP contribution >= 0.6 is 15.9 Å². The minimum atomic E-state index is -3.21. The first-order chi connectivity index (χ1) is 9.06. The largest absolute Gasteiger partial charge is 0.224 e. The third kappa shape index (κ3) is 3.37. The van der Waals surface area contributed by atoms with Crippen molar-refractivity contribution in [1.82, 2.24) is 0 Å². The first-order valence-corrected chi connectivity index (χ1v) is 9.11. The summed E-state index contributed by atoms with van der Waals surface area (Å²) in [6.45, 7) is 2.02. The van der Waals surface area contributed by atoms with E-state index >= 15 is 0 Å². The standard InChI is InChI=1S/C15H17BrO2S/c1-2-12(10-16)11-19(17,18)15-8-7-13-5-3-4-6-14(13)9-15/h3-9,12H,2,10-11H2,1H3. The summed E-state index contributed by atoms with van der Waals surface area (Å²) in [6.07, 6.45) is 0.859. The quantitative estimate of drug-likeness (QED) is 0.770. The van der Waals surface area contributed by atoms with Gasteiger partial charge in [0.05, 0.1) is 10.6 Å². The van der Waals surface area contributed by atoms with E-state index in [0.717, 1.165) is 22.5 Å². The van der Waals surface area contributed by atoms with Gasteiger partial charge in [-0.15, -0.1) is 0 Å². The number of hydrogen-bond donors (Lipinski definition) is 0. The van der Waals surface area contributed by atoms with Crippen LogP contribution in [0.25, 0.3) is 10.8 Å². The van der Waals surface area contributed by atoms with Gasteiger partial charge < -0.3 is 0 Å². The van der Waals surface area contributed by atoms with Crippen molar-refractivity contribution in [3.8, 4) is 0 Å². The van der Waals surface area contributed by atoms with Crippen molar-refractivity contribution >= 4 is 36.5 Å². The Morgan fingerprint density at radius 1 is 1.11 bits per heavy atom. The van der Waals surface area contributed by atoms with Gasteiger partial charge >= 0.3 is 0 Å². The predicted octanol–water partition coefficient (Wildman–Crippen LogP) is 4.03. The molecule has 2 aromatic carbocycles. The van der Waals surface area contributed by atoms with Crippen molar-refractivity contribution in [2.24, 2.45) is 5.92 Å². The van der Waals surface area contributed by atoms with Gasteiger partial charge in [-0.25, -0.2) is 8.42 Å². The third-order valence-electron chi connectivity index (χ3n) is 3.33. The molecule has 0 aliphatic rings. The van der Waals surface area contributed by atoms with Crippen molar-refractivity contribution in [2.45, 2.75) is 18.2 Å². The van der Waals surface area contributed by atoms with Crippen molar-refractivity contribution in [3.63, 3.8) is 0 Å². The van der Waals surface area contributed by atoms with Gasteiger partial charge in [-0.2, -0.15) is 0 Å². The maximum atomic E-state index is 12.4. The Morgan fingerprint density at radius 3 is 2.42 bits per heavy atom. The van der Waals surface area contributed by atoms with E-state index in [2.05, 4.69) is 15.9 Å². The molecule has 0 N–H and O–H groups in total. The van der Waals surface area contributed by atoms with Crippen LogP contribution in [0.5, 0.6) is 0 Å². The predicted molar refractivity (Wildman–Crippen MR) is 83.6 cm³/mol. The van der Waals surface area contributed by atoms with E-state index in [-0.39, 0.29) is 11.7 Å². The smallest absolute Gasteiger partial charge is 0.178 e. The Labute approximate surface area is 122 Å². The normalized spacial score (nSPS) is 13.6. The highest BCUT2D eigenvalue weighted by Gasteiger charge is 2.19. The molecule has 0 amide bonds. The second kappa shape index (κ2) is 6.06. The molecule has 19 heavy (non-hydrogen) atoms. The number of halogens is 1. The van der Waals surface area contributed by atoms with Crippen LogP contribution in [0.4, 0.5) is 0 Å². The molecular formula is C15H17BrO2S. The lowest BCUT2D eigenvalue weighted by molar-refractivity contribution is 0.569. The highest BCUT2D eigenvalue weighted by Crippen LogP contribution is 2.22. The number of fused-ring (bicyclic) bond motifs is 1. The van der Waals surface area contributed by atoms with Crippen LogP contribution in [0, 0.1) is 5.92 Å². The lowest BCUT2D eigenvalue weighted by Crippen LogP contribution is -2.17. The minimum absolute atomic E-state index is 0.163. The van der Waals surface area contributed by atoms with E-state index < -0.39 is 9.84 Å². The molecule has 0 heterocycles. The van der Waals surface area contributed by atoms with Crippen molar-refractivity contribution in [1.29, 1.82) is 0 Å². The molecule has 0 bridgehead atoms. The van der Waals surface area contributed by atoms with Crippen LogP contribution in [0.2, 0.25) is 0 Å². The highest BCUT2D eigenvalue weighted by molar-refractivity contribution is 9.09. The zero-order chi connectivity index (χ0) is 13.9. The van der Waals surface area contributed by atoms with Crippen molar-refractivity contribution in [2.75, 3.05) is 11.1 Å². The Hall–Kier alpha value is -0.870. The SMILES string of the molecule is CCC(CBr)CS(=O)(=O)c1ccc2ccccc2c1. The zero-order valence-electron chi connectivity index (χ0n) is 10.8. The molecule has 0 aromatic heterocycles. The topological polar surface area (TPSA) is 34.1 Å². The van der Waals surface area contributed by atoms with E-state index in [4.69, 9.17) is 0 Å². The van der Waals surface area contributed by atoms with Crippen LogP contribution in [0.15, 0.2) is 47.4 Å². The Balaban J connectivity index is 2.37. The van der Waals surface area contributed by atoms with Crippen LogP contribution < -0.4 is 0 Å². The molecule has 4 heteroatoms. The van der Waals surface area contributed by atoms with Gasteiger partial charge in [-0.05, 0) is 28.8 Å². The van der Waals surface area contributed by atoms with Gasteiger partial charge in [0, 0.05) is 5.33 Å². The lowest BCUT2D eigenvalue weighted by Gasteiger charge is -2.12. The molecule has 0 fully saturated rings. The molecule has 0 saturated carbocycles. The fourth-order valence-corrected chi connectivity index (χ4v) is 4.78. The molecule has 0 aliphatic heterocycles. The molecule has 2 nitrogen and oxygen atoms in total. The monoisotopic (exact) mass is 340 g/mol. The number of benzene rings is 2. The average molecular weight is 341 g/mol. The number of rotatable bonds is 5. The lowest BCUT2D eigenvalue weighted by atomic mass is 10.1. The first kappa shape index (κ1) is 14.5. The zero-order valence-corrected chi connectivity index (χ0v) is 13.2. The molecule has 0 radical (unpaired) electrons. The number of sulfone groups is 1. The maximum Gasteiger partial charge on any atom is 0.178 e. The van der Waals surface area contributed by atoms with Crippen molar-refractivity contribution < 1.29 is 8.42 Å². The summed E-state index contributed by atoms with van der Waals surface area (Å²) in [6, 6.07) is 13.2. The Morgan fingerprint density at radius 2 is 1.79 bits per heavy atom. The third-order valence-corrected chi connectivity index (χ3v) is 6.13. The fourth-order valence-electron chi connectivity index (χ4n) is 2.04. The first-order valence-electron chi connectivity index (χ1n) is 6.34. The Kier molecular flexibility index (Phi) is 4.63. The maximum absolute atomic E-state index is 12.4. The van der Waals surface area contributed by atoms with E-state index in [1.165, 1.54) is 0 Å². The fraction of sp³-hybridized carbons (Fsp3) is 0.333. The van der Waals surface area contributed by atoms with Gasteiger partial charge in [0.25, 0.3) is 0 Å². The molecule has 102 valence electrons. The highest BCUT2D eigenvalue weighted by atomic mass is 79.9. The Bertz CT molecular complexity index is 661. The molecule has 0 aliphatic carbocycles. The molecule has 0 spiro atoms. The van der Waals surface area contributed by atoms with Crippen LogP contribution in [-0.4, -0.2) is 19.5 Å². The minimum Gasteiger partial charge on any atom is -0.224 e. The van der Waals surface area contributed by atoms with Gasteiger partial charge in [0.2, 0.25) is 0 Å². The average Bonchev–Trinajstić information content (AvgIpc) is 2.44. The second-order valence-electron chi connectivity index (χ2n) is 4.72. The molecule has 2 rings (SSSR count). The summed E-state index contributed by atoms with van der Waals surface area (Å²) >= 11 is 3.38. The van der Waals surface area contributed by atoms with Crippen molar-refractivity contribution in [3.05, 3.63) is 42.5 Å². The van der Waals surface area contributed by atoms with Crippen LogP contribution in [-0.2, 0) is 9.84 Å². The second-order valence-corrected chi connectivity index (χ2v) is 7.40. The van der Waals surface area contributed by atoms with E-state index in [1.807, 2.05) is 37.3 Å². The summed E-state index contributed by atoms with van der Waals surface area (Å²) in [5, 5.41) is 2.75. The molecule has 2 aromatic rings. The van der Waals surface area contributed by atoms with E-state index in [1.54, 1.807) is 12.1 Å². The van der Waals surface area contributed by atoms with E-state index in [9.17, 15) is 8.42 Å². The summed E-state index contributed by atoms with van der Waals surface area (Å²) < 4.78 is 24.8. The number of alkyl halides is 1. The van der Waals surface area contributed by atoms with Gasteiger partial charge in [-0.1, -0.05) is 59.6 Å². The van der Waals surface area contributed by atoms with Gasteiger partial charge in [0.1, 0.15) is 0 Å².